The number of carbonyl (C=O) groups excluding carboxylic acids is 1. The fourth-order valence-corrected chi connectivity index (χ4v) is 1.95. The Morgan fingerprint density at radius 3 is 2.59 bits per heavy atom. The van der Waals surface area contributed by atoms with Gasteiger partial charge in [-0.25, -0.2) is 14.8 Å². The standard InChI is InChI=1S/C14H21N7O/c1-9(5-11-6-10(2)19-20-11)17-14(22)18-12-7-15-13(16-8-12)21(3)4/h6-9H,5H2,1-4H3,(H,19,20)(H2,17,18,22)/t9-/m1/s1. The first-order valence-electron chi connectivity index (χ1n) is 7.02. The van der Waals surface area contributed by atoms with Gasteiger partial charge in [-0.05, 0) is 19.9 Å². The molecule has 0 fully saturated rings. The van der Waals surface area contributed by atoms with Crippen molar-refractivity contribution in [3.63, 3.8) is 0 Å². The first-order chi connectivity index (χ1) is 10.4. The summed E-state index contributed by atoms with van der Waals surface area (Å²) in [4.78, 5) is 22.0. The lowest BCUT2D eigenvalue weighted by molar-refractivity contribution is 0.249. The Hall–Kier alpha value is -2.64. The van der Waals surface area contributed by atoms with E-state index in [1.165, 1.54) is 0 Å². The number of rotatable bonds is 5. The van der Waals surface area contributed by atoms with E-state index in [2.05, 4.69) is 30.8 Å². The molecule has 2 aromatic heterocycles. The molecule has 22 heavy (non-hydrogen) atoms. The van der Waals surface area contributed by atoms with E-state index in [9.17, 15) is 4.79 Å². The van der Waals surface area contributed by atoms with Crippen LogP contribution >= 0.6 is 0 Å². The van der Waals surface area contributed by atoms with Gasteiger partial charge in [0.2, 0.25) is 5.95 Å². The Kier molecular flexibility index (Phi) is 4.92. The molecule has 2 rings (SSSR count). The molecule has 2 aromatic rings. The van der Waals surface area contributed by atoms with Gasteiger partial charge in [-0.1, -0.05) is 0 Å². The summed E-state index contributed by atoms with van der Waals surface area (Å²) in [7, 11) is 3.71. The van der Waals surface area contributed by atoms with E-state index in [0.29, 0.717) is 18.1 Å². The van der Waals surface area contributed by atoms with Crippen LogP contribution in [-0.2, 0) is 6.42 Å². The molecule has 0 aliphatic heterocycles. The third-order valence-electron chi connectivity index (χ3n) is 2.95. The van der Waals surface area contributed by atoms with Gasteiger partial charge in [0.05, 0.1) is 23.8 Å². The molecule has 0 unspecified atom stereocenters. The van der Waals surface area contributed by atoms with Gasteiger partial charge in [-0.2, -0.15) is 5.10 Å². The zero-order chi connectivity index (χ0) is 16.1. The average molecular weight is 303 g/mol. The third-order valence-corrected chi connectivity index (χ3v) is 2.95. The Balaban J connectivity index is 1.84. The number of urea groups is 1. The van der Waals surface area contributed by atoms with Gasteiger partial charge in [0, 0.05) is 32.3 Å². The van der Waals surface area contributed by atoms with Crippen LogP contribution in [0.3, 0.4) is 0 Å². The van der Waals surface area contributed by atoms with Gasteiger partial charge >= 0.3 is 6.03 Å². The SMILES string of the molecule is Cc1cc(C[C@@H](C)NC(=O)Nc2cnc(N(C)C)nc2)n[nH]1. The summed E-state index contributed by atoms with van der Waals surface area (Å²) in [5.74, 6) is 0.591. The normalized spacial score (nSPS) is 11.8. The van der Waals surface area contributed by atoms with Crippen molar-refractivity contribution in [1.82, 2.24) is 25.5 Å². The highest BCUT2D eigenvalue weighted by molar-refractivity contribution is 5.89. The highest BCUT2D eigenvalue weighted by atomic mass is 16.2. The Labute approximate surface area is 129 Å². The van der Waals surface area contributed by atoms with Crippen LogP contribution in [0.1, 0.15) is 18.3 Å². The minimum atomic E-state index is -0.291. The number of nitrogens with one attached hydrogen (secondary N) is 3. The molecular weight excluding hydrogens is 282 g/mol. The molecule has 0 saturated heterocycles. The fraction of sp³-hybridized carbons (Fsp3) is 0.429. The molecule has 8 heteroatoms. The fourth-order valence-electron chi connectivity index (χ4n) is 1.95. The number of carbonyl (C=O) groups is 1. The number of H-pyrrole nitrogens is 1. The summed E-state index contributed by atoms with van der Waals surface area (Å²) in [5.41, 5.74) is 2.47. The van der Waals surface area contributed by atoms with Crippen LogP contribution in [0.25, 0.3) is 0 Å². The van der Waals surface area contributed by atoms with Crippen LogP contribution in [0, 0.1) is 6.92 Å². The second kappa shape index (κ2) is 6.88. The summed E-state index contributed by atoms with van der Waals surface area (Å²) >= 11 is 0. The number of hydrogen-bond donors (Lipinski definition) is 3. The van der Waals surface area contributed by atoms with Gasteiger partial charge in [-0.15, -0.1) is 0 Å². The van der Waals surface area contributed by atoms with Gasteiger partial charge in [0.1, 0.15) is 0 Å². The number of aromatic amines is 1. The maximum absolute atomic E-state index is 11.9. The predicted molar refractivity (Wildman–Crippen MR) is 85.0 cm³/mol. The van der Waals surface area contributed by atoms with Crippen molar-refractivity contribution < 1.29 is 4.79 Å². The van der Waals surface area contributed by atoms with Crippen molar-refractivity contribution in [2.45, 2.75) is 26.3 Å². The topological polar surface area (TPSA) is 98.8 Å². The largest absolute Gasteiger partial charge is 0.347 e. The second-order valence-corrected chi connectivity index (χ2v) is 5.41. The molecule has 0 bridgehead atoms. The first-order valence-corrected chi connectivity index (χ1v) is 7.02. The van der Waals surface area contributed by atoms with Gasteiger partial charge < -0.3 is 15.5 Å². The van der Waals surface area contributed by atoms with E-state index < -0.39 is 0 Å². The summed E-state index contributed by atoms with van der Waals surface area (Å²) in [5, 5.41) is 12.6. The summed E-state index contributed by atoms with van der Waals surface area (Å²) in [6.45, 7) is 3.87. The molecule has 0 aliphatic carbocycles. The van der Waals surface area contributed by atoms with E-state index in [-0.39, 0.29) is 12.1 Å². The average Bonchev–Trinajstić information content (AvgIpc) is 2.84. The highest BCUT2D eigenvalue weighted by Crippen LogP contribution is 2.07. The zero-order valence-corrected chi connectivity index (χ0v) is 13.2. The Bertz CT molecular complexity index is 620. The molecule has 0 saturated carbocycles. The van der Waals surface area contributed by atoms with Gasteiger partial charge in [0.15, 0.2) is 0 Å². The smallest absolute Gasteiger partial charge is 0.319 e. The van der Waals surface area contributed by atoms with Crippen LogP contribution in [-0.4, -0.2) is 46.3 Å². The van der Waals surface area contributed by atoms with Gasteiger partial charge in [-0.3, -0.25) is 5.10 Å². The van der Waals surface area contributed by atoms with Crippen LogP contribution in [0.5, 0.6) is 0 Å². The van der Waals surface area contributed by atoms with Gasteiger partial charge in [0.25, 0.3) is 0 Å². The molecule has 0 aliphatic rings. The number of anilines is 2. The van der Waals surface area contributed by atoms with E-state index >= 15 is 0 Å². The van der Waals surface area contributed by atoms with E-state index in [4.69, 9.17) is 0 Å². The predicted octanol–water partition coefficient (Wildman–Crippen LogP) is 1.33. The summed E-state index contributed by atoms with van der Waals surface area (Å²) in [6, 6.07) is 1.63. The maximum Gasteiger partial charge on any atom is 0.319 e. The second-order valence-electron chi connectivity index (χ2n) is 5.41. The highest BCUT2D eigenvalue weighted by Gasteiger charge is 2.10. The monoisotopic (exact) mass is 303 g/mol. The van der Waals surface area contributed by atoms with E-state index in [0.717, 1.165) is 11.4 Å². The van der Waals surface area contributed by atoms with Crippen molar-refractivity contribution in [2.24, 2.45) is 0 Å². The maximum atomic E-state index is 11.9. The van der Waals surface area contributed by atoms with E-state index in [1.807, 2.05) is 34.0 Å². The molecule has 118 valence electrons. The lowest BCUT2D eigenvalue weighted by atomic mass is 10.2. The van der Waals surface area contributed by atoms with Crippen LogP contribution in [0.4, 0.5) is 16.4 Å². The quantitative estimate of drug-likeness (QED) is 0.774. The number of aryl methyl sites for hydroxylation is 1. The van der Waals surface area contributed by atoms with Crippen LogP contribution < -0.4 is 15.5 Å². The molecular formula is C14H21N7O. The van der Waals surface area contributed by atoms with Crippen molar-refractivity contribution in [3.05, 3.63) is 29.8 Å². The number of hydrogen-bond acceptors (Lipinski definition) is 5. The molecule has 8 nitrogen and oxygen atoms in total. The van der Waals surface area contributed by atoms with Crippen LogP contribution in [0.15, 0.2) is 18.5 Å². The minimum Gasteiger partial charge on any atom is -0.347 e. The lowest BCUT2D eigenvalue weighted by Crippen LogP contribution is -2.37. The molecule has 0 radical (unpaired) electrons. The van der Waals surface area contributed by atoms with Crippen molar-refractivity contribution in [3.8, 4) is 0 Å². The first kappa shape index (κ1) is 15.7. The van der Waals surface area contributed by atoms with Crippen molar-refractivity contribution in [2.75, 3.05) is 24.3 Å². The zero-order valence-electron chi connectivity index (χ0n) is 13.2. The Morgan fingerprint density at radius 2 is 2.05 bits per heavy atom. The molecule has 2 amide bonds. The third kappa shape index (κ3) is 4.44. The molecule has 1 atom stereocenters. The minimum absolute atomic E-state index is 0.0373. The number of amides is 2. The van der Waals surface area contributed by atoms with E-state index in [1.54, 1.807) is 17.3 Å². The summed E-state index contributed by atoms with van der Waals surface area (Å²) < 4.78 is 0. The molecule has 3 N–H and O–H groups in total. The molecule has 0 spiro atoms. The Morgan fingerprint density at radius 1 is 1.36 bits per heavy atom. The van der Waals surface area contributed by atoms with Crippen molar-refractivity contribution >= 4 is 17.7 Å². The number of aromatic nitrogens is 4. The molecule has 0 aromatic carbocycles. The number of nitrogens with zero attached hydrogens (tertiary/aromatic N) is 4. The van der Waals surface area contributed by atoms with Crippen LogP contribution in [0.2, 0.25) is 0 Å². The summed E-state index contributed by atoms with van der Waals surface area (Å²) in [6.07, 6.45) is 3.81. The van der Waals surface area contributed by atoms with Crippen molar-refractivity contribution in [1.29, 1.82) is 0 Å². The molecule has 2 heterocycles. The lowest BCUT2D eigenvalue weighted by Gasteiger charge is -2.14.